The molecule has 2 rings (SSSR count). The van der Waals surface area contributed by atoms with Gasteiger partial charge in [-0.25, -0.2) is 0 Å². The molecule has 0 spiro atoms. The normalized spacial score (nSPS) is 16.2. The van der Waals surface area contributed by atoms with Crippen LogP contribution in [-0.2, 0) is 16.0 Å². The molecule has 4 heteroatoms. The van der Waals surface area contributed by atoms with E-state index < -0.39 is 0 Å². The number of ether oxygens (including phenoxy) is 1. The van der Waals surface area contributed by atoms with E-state index in [1.54, 1.807) is 0 Å². The first-order valence-electron chi connectivity index (χ1n) is 7.43. The first kappa shape index (κ1) is 14.9. The maximum atomic E-state index is 11.9. The van der Waals surface area contributed by atoms with Crippen LogP contribution in [0.4, 0.5) is 5.69 Å². The Labute approximate surface area is 121 Å². The molecule has 20 heavy (non-hydrogen) atoms. The van der Waals surface area contributed by atoms with Crippen LogP contribution < -0.4 is 10.2 Å². The highest BCUT2D eigenvalue weighted by Gasteiger charge is 2.23. The van der Waals surface area contributed by atoms with Crippen molar-refractivity contribution >= 4 is 11.7 Å². The minimum atomic E-state index is -0.277. The van der Waals surface area contributed by atoms with Gasteiger partial charge in [0.05, 0.1) is 6.61 Å². The SMILES string of the molecule is CCOC(=O)C(CN1CCCCc2ccccc21)NC. The molecule has 1 N–H and O–H groups in total. The van der Waals surface area contributed by atoms with Crippen LogP contribution in [0.2, 0.25) is 0 Å². The van der Waals surface area contributed by atoms with Crippen LogP contribution in [0.15, 0.2) is 24.3 Å². The fraction of sp³-hybridized carbons (Fsp3) is 0.562. The molecule has 0 saturated carbocycles. The Hall–Kier alpha value is -1.55. The lowest BCUT2D eigenvalue weighted by Crippen LogP contribution is -2.46. The Kier molecular flexibility index (Phi) is 5.41. The van der Waals surface area contributed by atoms with Crippen LogP contribution in [0.3, 0.4) is 0 Å². The Morgan fingerprint density at radius 2 is 2.20 bits per heavy atom. The molecule has 1 aromatic rings. The topological polar surface area (TPSA) is 41.6 Å². The van der Waals surface area contributed by atoms with E-state index in [1.165, 1.54) is 17.7 Å². The van der Waals surface area contributed by atoms with E-state index >= 15 is 0 Å². The van der Waals surface area contributed by atoms with E-state index in [2.05, 4.69) is 34.5 Å². The fourth-order valence-corrected chi connectivity index (χ4v) is 2.71. The molecule has 1 heterocycles. The van der Waals surface area contributed by atoms with E-state index in [-0.39, 0.29) is 12.0 Å². The molecule has 1 atom stereocenters. The second-order valence-electron chi connectivity index (χ2n) is 5.13. The minimum absolute atomic E-state index is 0.170. The molecule has 1 unspecified atom stereocenters. The number of anilines is 1. The van der Waals surface area contributed by atoms with Crippen molar-refractivity contribution in [3.63, 3.8) is 0 Å². The second-order valence-corrected chi connectivity index (χ2v) is 5.13. The Bertz CT molecular complexity index is 448. The lowest BCUT2D eigenvalue weighted by Gasteiger charge is -2.28. The summed E-state index contributed by atoms with van der Waals surface area (Å²) < 4.78 is 5.13. The maximum absolute atomic E-state index is 11.9. The summed E-state index contributed by atoms with van der Waals surface area (Å²) in [4.78, 5) is 14.2. The van der Waals surface area contributed by atoms with Crippen LogP contribution in [0.5, 0.6) is 0 Å². The highest BCUT2D eigenvalue weighted by atomic mass is 16.5. The molecule has 0 saturated heterocycles. The van der Waals surface area contributed by atoms with E-state index in [1.807, 2.05) is 14.0 Å². The summed E-state index contributed by atoms with van der Waals surface area (Å²) in [5.74, 6) is -0.170. The summed E-state index contributed by atoms with van der Waals surface area (Å²) in [5, 5.41) is 3.07. The summed E-state index contributed by atoms with van der Waals surface area (Å²) in [6, 6.07) is 8.21. The van der Waals surface area contributed by atoms with Gasteiger partial charge in [0.2, 0.25) is 0 Å². The van der Waals surface area contributed by atoms with E-state index in [0.29, 0.717) is 13.2 Å². The number of fused-ring (bicyclic) bond motifs is 1. The predicted molar refractivity (Wildman–Crippen MR) is 81.1 cm³/mol. The Balaban J connectivity index is 2.13. The minimum Gasteiger partial charge on any atom is -0.465 e. The molecule has 0 bridgehead atoms. The Morgan fingerprint density at radius 1 is 1.40 bits per heavy atom. The van der Waals surface area contributed by atoms with E-state index in [0.717, 1.165) is 19.4 Å². The zero-order valence-corrected chi connectivity index (χ0v) is 12.4. The molecule has 0 aromatic heterocycles. The number of carbonyl (C=O) groups excluding carboxylic acids is 1. The molecular weight excluding hydrogens is 252 g/mol. The summed E-state index contributed by atoms with van der Waals surface area (Å²) in [7, 11) is 1.81. The molecular formula is C16H24N2O2. The molecule has 1 aliphatic rings. The van der Waals surface area contributed by atoms with Crippen LogP contribution in [0.1, 0.15) is 25.3 Å². The van der Waals surface area contributed by atoms with Crippen molar-refractivity contribution in [3.8, 4) is 0 Å². The van der Waals surface area contributed by atoms with Crippen LogP contribution in [-0.4, -0.2) is 38.8 Å². The first-order valence-corrected chi connectivity index (χ1v) is 7.43. The largest absolute Gasteiger partial charge is 0.465 e. The Morgan fingerprint density at radius 3 is 2.95 bits per heavy atom. The highest BCUT2D eigenvalue weighted by Crippen LogP contribution is 2.26. The van der Waals surface area contributed by atoms with Gasteiger partial charge in [-0.1, -0.05) is 18.2 Å². The number of para-hydroxylation sites is 1. The smallest absolute Gasteiger partial charge is 0.324 e. The van der Waals surface area contributed by atoms with Crippen molar-refractivity contribution in [3.05, 3.63) is 29.8 Å². The molecule has 1 aliphatic heterocycles. The lowest BCUT2D eigenvalue weighted by molar-refractivity contribution is -0.145. The van der Waals surface area contributed by atoms with Gasteiger partial charge in [-0.2, -0.15) is 0 Å². The van der Waals surface area contributed by atoms with E-state index in [4.69, 9.17) is 4.74 Å². The molecule has 4 nitrogen and oxygen atoms in total. The summed E-state index contributed by atoms with van der Waals surface area (Å²) >= 11 is 0. The summed E-state index contributed by atoms with van der Waals surface area (Å²) in [6.07, 6.45) is 3.49. The molecule has 1 aromatic carbocycles. The number of nitrogens with zero attached hydrogens (tertiary/aromatic N) is 1. The molecule has 0 fully saturated rings. The van der Waals surface area contributed by atoms with Gasteiger partial charge in [0.15, 0.2) is 0 Å². The van der Waals surface area contributed by atoms with Crippen molar-refractivity contribution in [2.45, 2.75) is 32.2 Å². The van der Waals surface area contributed by atoms with Gasteiger partial charge in [0.1, 0.15) is 6.04 Å². The van der Waals surface area contributed by atoms with Gasteiger partial charge < -0.3 is 15.0 Å². The molecule has 0 amide bonds. The van der Waals surface area contributed by atoms with Crippen molar-refractivity contribution in [1.29, 1.82) is 0 Å². The van der Waals surface area contributed by atoms with Crippen LogP contribution >= 0.6 is 0 Å². The number of hydrogen-bond acceptors (Lipinski definition) is 4. The number of hydrogen-bond donors (Lipinski definition) is 1. The monoisotopic (exact) mass is 276 g/mol. The number of nitrogens with one attached hydrogen (secondary N) is 1. The second kappa shape index (κ2) is 7.29. The summed E-state index contributed by atoms with van der Waals surface area (Å²) in [5.41, 5.74) is 2.64. The van der Waals surface area contributed by atoms with Gasteiger partial charge in [-0.3, -0.25) is 4.79 Å². The highest BCUT2D eigenvalue weighted by molar-refractivity contribution is 5.77. The third-order valence-electron chi connectivity index (χ3n) is 3.78. The fourth-order valence-electron chi connectivity index (χ4n) is 2.71. The number of esters is 1. The van der Waals surface area contributed by atoms with E-state index in [9.17, 15) is 4.79 Å². The summed E-state index contributed by atoms with van der Waals surface area (Å²) in [6.45, 7) is 3.92. The van der Waals surface area contributed by atoms with Gasteiger partial charge in [0, 0.05) is 18.8 Å². The molecule has 0 aliphatic carbocycles. The predicted octanol–water partition coefficient (Wildman–Crippen LogP) is 1.98. The third-order valence-corrected chi connectivity index (χ3v) is 3.78. The zero-order chi connectivity index (χ0) is 14.4. The standard InChI is InChI=1S/C16H24N2O2/c1-3-20-16(19)14(17-2)12-18-11-7-6-9-13-8-4-5-10-15(13)18/h4-5,8,10,14,17H,3,6-7,9,11-12H2,1-2H3. The third kappa shape index (κ3) is 3.51. The quantitative estimate of drug-likeness (QED) is 0.835. The number of benzene rings is 1. The van der Waals surface area contributed by atoms with Gasteiger partial charge >= 0.3 is 5.97 Å². The van der Waals surface area contributed by atoms with Gasteiger partial charge in [-0.15, -0.1) is 0 Å². The van der Waals surface area contributed by atoms with Crippen molar-refractivity contribution in [1.82, 2.24) is 5.32 Å². The number of likely N-dealkylation sites (N-methyl/N-ethyl adjacent to an activating group) is 1. The zero-order valence-electron chi connectivity index (χ0n) is 12.4. The average molecular weight is 276 g/mol. The van der Waals surface area contributed by atoms with Gasteiger partial charge in [-0.05, 0) is 44.9 Å². The van der Waals surface area contributed by atoms with Gasteiger partial charge in [0.25, 0.3) is 0 Å². The molecule has 110 valence electrons. The first-order chi connectivity index (χ1) is 9.76. The maximum Gasteiger partial charge on any atom is 0.324 e. The molecule has 0 radical (unpaired) electrons. The van der Waals surface area contributed by atoms with Crippen molar-refractivity contribution in [2.24, 2.45) is 0 Å². The number of carbonyl (C=O) groups is 1. The number of rotatable bonds is 5. The lowest BCUT2D eigenvalue weighted by atomic mass is 10.1. The average Bonchev–Trinajstić information content (AvgIpc) is 2.67. The van der Waals surface area contributed by atoms with Crippen LogP contribution in [0, 0.1) is 0 Å². The van der Waals surface area contributed by atoms with Crippen molar-refractivity contribution < 1.29 is 9.53 Å². The van der Waals surface area contributed by atoms with Crippen LogP contribution in [0.25, 0.3) is 0 Å². The number of aryl methyl sites for hydroxylation is 1. The van der Waals surface area contributed by atoms with Crippen molar-refractivity contribution in [2.75, 3.05) is 31.6 Å².